The number of aryl methyl sites for hydroxylation is 2. The number of nitrogens with one attached hydrogen (secondary N) is 2. The fraction of sp³-hybridized carbons (Fsp3) is 0.286. The van der Waals surface area contributed by atoms with Crippen molar-refractivity contribution in [2.75, 3.05) is 18.5 Å². The summed E-state index contributed by atoms with van der Waals surface area (Å²) in [6.45, 7) is 6.60. The molecule has 0 fully saturated rings. The summed E-state index contributed by atoms with van der Waals surface area (Å²) in [5.41, 5.74) is 7.77. The molecule has 0 aliphatic carbocycles. The quantitative estimate of drug-likeness (QED) is 0.261. The van der Waals surface area contributed by atoms with Crippen LogP contribution in [0.3, 0.4) is 0 Å². The van der Waals surface area contributed by atoms with Crippen LogP contribution >= 0.6 is 0 Å². The normalized spacial score (nSPS) is 11.9. The van der Waals surface area contributed by atoms with E-state index >= 15 is 0 Å². The minimum Gasteiger partial charge on any atom is -0.491 e. The third kappa shape index (κ3) is 6.19. The number of hydrogen-bond acceptors (Lipinski definition) is 7. The van der Waals surface area contributed by atoms with E-state index in [1.54, 1.807) is 0 Å². The molecule has 0 amide bonds. The average molecular weight is 506 g/mol. The smallest absolute Gasteiger partial charge is 0.440 e. The molecule has 0 spiro atoms. The molecule has 1 heterocycles. The third-order valence-corrected chi connectivity index (χ3v) is 6.29. The van der Waals surface area contributed by atoms with Crippen LogP contribution in [-0.4, -0.2) is 39.3 Å². The van der Waals surface area contributed by atoms with E-state index in [0.29, 0.717) is 12.3 Å². The zero-order valence-corrected chi connectivity index (χ0v) is 21.1. The molecule has 4 aromatic rings. The van der Waals surface area contributed by atoms with Gasteiger partial charge in [-0.1, -0.05) is 30.3 Å². The Morgan fingerprint density at radius 3 is 2.46 bits per heavy atom. The number of aliphatic hydroxyl groups excluding tert-OH is 2. The lowest BCUT2D eigenvalue weighted by Crippen LogP contribution is -2.21. The van der Waals surface area contributed by atoms with Crippen molar-refractivity contribution >= 4 is 5.69 Å². The molecule has 4 rings (SSSR count). The Bertz CT molecular complexity index is 1480. The topological polar surface area (TPSA) is 130 Å². The van der Waals surface area contributed by atoms with Gasteiger partial charge in [-0.25, -0.2) is 14.6 Å². The second-order valence-electron chi connectivity index (χ2n) is 9.07. The number of hydrogen-bond donors (Lipinski definition) is 4. The monoisotopic (exact) mass is 505 g/mol. The fourth-order valence-corrected chi connectivity index (χ4v) is 4.15. The molecule has 9 heteroatoms. The average Bonchev–Trinajstić information content (AvgIpc) is 3.20. The molecule has 0 aliphatic rings. The van der Waals surface area contributed by atoms with Crippen LogP contribution < -0.4 is 21.5 Å². The lowest BCUT2D eigenvalue weighted by molar-refractivity contribution is 0.0534. The van der Waals surface area contributed by atoms with E-state index in [1.165, 1.54) is 5.56 Å². The summed E-state index contributed by atoms with van der Waals surface area (Å²) < 4.78 is 11.5. The molecular formula is C28H31N3O6. The highest BCUT2D eigenvalue weighted by Gasteiger charge is 2.13. The Hall–Kier alpha value is -4.08. The van der Waals surface area contributed by atoms with Gasteiger partial charge in [0.2, 0.25) is 0 Å². The van der Waals surface area contributed by atoms with Crippen molar-refractivity contribution < 1.29 is 19.5 Å². The van der Waals surface area contributed by atoms with Crippen molar-refractivity contribution in [2.45, 2.75) is 40.0 Å². The van der Waals surface area contributed by atoms with Gasteiger partial charge >= 0.3 is 11.4 Å². The molecule has 0 saturated heterocycles. The van der Waals surface area contributed by atoms with Gasteiger partial charge in [-0.15, -0.1) is 4.74 Å². The summed E-state index contributed by atoms with van der Waals surface area (Å²) in [6, 6.07) is 17.9. The van der Waals surface area contributed by atoms with Crippen LogP contribution in [-0.2, 0) is 13.1 Å². The molecule has 194 valence electrons. The highest BCUT2D eigenvalue weighted by Crippen LogP contribution is 2.33. The second-order valence-corrected chi connectivity index (χ2v) is 9.07. The molecule has 3 aromatic carbocycles. The van der Waals surface area contributed by atoms with Gasteiger partial charge in [0.15, 0.2) is 0 Å². The van der Waals surface area contributed by atoms with Gasteiger partial charge in [-0.05, 0) is 84.0 Å². The number of benzene rings is 3. The first-order valence-corrected chi connectivity index (χ1v) is 12.0. The lowest BCUT2D eigenvalue weighted by atomic mass is 9.92. The predicted molar refractivity (Wildman–Crippen MR) is 141 cm³/mol. The highest BCUT2D eigenvalue weighted by molar-refractivity contribution is 5.73. The summed E-state index contributed by atoms with van der Waals surface area (Å²) in [7, 11) is 0. The van der Waals surface area contributed by atoms with E-state index in [2.05, 4.69) is 35.4 Å². The van der Waals surface area contributed by atoms with Crippen LogP contribution in [0, 0.1) is 20.8 Å². The highest BCUT2D eigenvalue weighted by atomic mass is 16.5. The van der Waals surface area contributed by atoms with Crippen molar-refractivity contribution in [3.05, 3.63) is 103 Å². The first kappa shape index (κ1) is 26.0. The molecule has 0 radical (unpaired) electrons. The molecule has 1 aromatic heterocycles. The Morgan fingerprint density at radius 1 is 1.03 bits per heavy atom. The number of anilines is 1. The van der Waals surface area contributed by atoms with Crippen molar-refractivity contribution in [3.8, 4) is 16.9 Å². The van der Waals surface area contributed by atoms with Crippen LogP contribution in [0.4, 0.5) is 5.69 Å². The number of rotatable bonds is 10. The SMILES string of the molecule is Cc1cc(-c2cccc(CNc3ccc(Cn4oc(=O)[nH]c4=O)cc3)c2C)c(C)cc1OC[C@@H](O)CO. The molecule has 0 aliphatic heterocycles. The van der Waals surface area contributed by atoms with Crippen molar-refractivity contribution in [1.82, 2.24) is 9.72 Å². The maximum absolute atomic E-state index is 11.6. The van der Waals surface area contributed by atoms with E-state index < -0.39 is 17.5 Å². The maximum atomic E-state index is 11.6. The standard InChI is InChI=1S/C28H31N3O6/c1-17-12-26(36-16-23(33)15-32)18(2)11-25(17)24-6-4-5-21(19(24)3)13-29-22-9-7-20(8-10-22)14-31-27(34)30-28(35)37-31/h4-12,23,29,32-33H,13-16H2,1-3H3,(H,30,34,35)/t23-/m0/s1. The van der Waals surface area contributed by atoms with Gasteiger partial charge in [-0.3, -0.25) is 0 Å². The Kier molecular flexibility index (Phi) is 7.95. The van der Waals surface area contributed by atoms with Gasteiger partial charge in [0.25, 0.3) is 0 Å². The predicted octanol–water partition coefficient (Wildman–Crippen LogP) is 3.11. The van der Waals surface area contributed by atoms with E-state index in [-0.39, 0.29) is 19.8 Å². The largest absolute Gasteiger partial charge is 0.491 e. The fourth-order valence-electron chi connectivity index (χ4n) is 4.15. The number of aliphatic hydroxyl groups is 2. The number of aromatic nitrogens is 2. The number of H-pyrrole nitrogens is 1. The van der Waals surface area contributed by atoms with Crippen LogP contribution in [0.25, 0.3) is 11.1 Å². The first-order chi connectivity index (χ1) is 17.7. The van der Waals surface area contributed by atoms with Crippen LogP contribution in [0.15, 0.2) is 68.7 Å². The van der Waals surface area contributed by atoms with Crippen LogP contribution in [0.1, 0.15) is 27.8 Å². The summed E-state index contributed by atoms with van der Waals surface area (Å²) in [6.07, 6.45) is -0.909. The van der Waals surface area contributed by atoms with E-state index in [0.717, 1.165) is 43.8 Å². The Labute approximate surface area is 213 Å². The first-order valence-electron chi connectivity index (χ1n) is 12.0. The lowest BCUT2D eigenvalue weighted by Gasteiger charge is -2.18. The summed E-state index contributed by atoms with van der Waals surface area (Å²) in [5.74, 6) is -0.0791. The molecule has 0 bridgehead atoms. The minimum absolute atomic E-state index is 0.0400. The zero-order chi connectivity index (χ0) is 26.5. The van der Waals surface area contributed by atoms with Gasteiger partial charge in [0.05, 0.1) is 13.2 Å². The number of ether oxygens (including phenoxy) is 1. The van der Waals surface area contributed by atoms with E-state index in [4.69, 9.17) is 14.4 Å². The van der Waals surface area contributed by atoms with Crippen LogP contribution in [0.2, 0.25) is 0 Å². The number of nitrogens with zero attached hydrogens (tertiary/aromatic N) is 1. The molecule has 0 saturated carbocycles. The summed E-state index contributed by atoms with van der Waals surface area (Å²) in [5, 5.41) is 22.0. The van der Waals surface area contributed by atoms with Crippen LogP contribution in [0.5, 0.6) is 5.75 Å². The third-order valence-electron chi connectivity index (χ3n) is 6.29. The molecule has 1 atom stereocenters. The maximum Gasteiger partial charge on any atom is 0.440 e. The Morgan fingerprint density at radius 2 is 1.78 bits per heavy atom. The summed E-state index contributed by atoms with van der Waals surface area (Å²) in [4.78, 5) is 24.9. The Balaban J connectivity index is 1.46. The van der Waals surface area contributed by atoms with Gasteiger partial charge in [-0.2, -0.15) is 0 Å². The van der Waals surface area contributed by atoms with Gasteiger partial charge < -0.3 is 24.8 Å². The van der Waals surface area contributed by atoms with Gasteiger partial charge in [0.1, 0.15) is 18.5 Å². The molecule has 9 nitrogen and oxygen atoms in total. The van der Waals surface area contributed by atoms with Crippen molar-refractivity contribution in [3.63, 3.8) is 0 Å². The van der Waals surface area contributed by atoms with Crippen molar-refractivity contribution in [1.29, 1.82) is 0 Å². The zero-order valence-electron chi connectivity index (χ0n) is 21.1. The van der Waals surface area contributed by atoms with Crippen molar-refractivity contribution in [2.24, 2.45) is 0 Å². The second kappa shape index (κ2) is 11.3. The van der Waals surface area contributed by atoms with E-state index in [1.807, 2.05) is 50.2 Å². The molecule has 4 N–H and O–H groups in total. The van der Waals surface area contributed by atoms with Gasteiger partial charge in [0, 0.05) is 12.2 Å². The number of aromatic amines is 1. The molecular weight excluding hydrogens is 474 g/mol. The minimum atomic E-state index is -0.909. The van der Waals surface area contributed by atoms with E-state index in [9.17, 15) is 14.7 Å². The summed E-state index contributed by atoms with van der Waals surface area (Å²) >= 11 is 0. The molecule has 37 heavy (non-hydrogen) atoms. The molecule has 0 unspecified atom stereocenters.